The highest BCUT2D eigenvalue weighted by Crippen LogP contribution is 2.52. The second-order valence-electron chi connectivity index (χ2n) is 8.02. The third kappa shape index (κ3) is 2.56. The van der Waals surface area contributed by atoms with Crippen LogP contribution in [0, 0.1) is 11.8 Å². The van der Waals surface area contributed by atoms with Crippen LogP contribution in [0.5, 0.6) is 11.5 Å². The summed E-state index contributed by atoms with van der Waals surface area (Å²) in [5.74, 6) is 0.513. The fourth-order valence-corrected chi connectivity index (χ4v) is 4.95. The number of benzene rings is 1. The molecule has 8 nitrogen and oxygen atoms in total. The van der Waals surface area contributed by atoms with Crippen LogP contribution < -0.4 is 14.8 Å². The monoisotopic (exact) mass is 408 g/mol. The predicted molar refractivity (Wildman–Crippen MR) is 104 cm³/mol. The molecule has 2 amide bonds. The predicted octanol–water partition coefficient (Wildman–Crippen LogP) is 1.97. The molecule has 0 unspecified atom stereocenters. The van der Waals surface area contributed by atoms with Crippen LogP contribution in [0.1, 0.15) is 5.76 Å². The average molecular weight is 408 g/mol. The second-order valence-corrected chi connectivity index (χ2v) is 8.02. The van der Waals surface area contributed by atoms with Gasteiger partial charge in [-0.05, 0) is 24.3 Å². The molecule has 6 rings (SSSR count). The van der Waals surface area contributed by atoms with Gasteiger partial charge in [0, 0.05) is 11.8 Å². The van der Waals surface area contributed by atoms with Crippen LogP contribution in [0.25, 0.3) is 0 Å². The number of nitrogens with one attached hydrogen (secondary N) is 1. The average Bonchev–Trinajstić information content (AvgIpc) is 3.51. The number of fused-ring (bicyclic) bond motifs is 2. The van der Waals surface area contributed by atoms with Gasteiger partial charge in [0.25, 0.3) is 0 Å². The molecule has 4 aliphatic rings. The Bertz CT molecular complexity index is 1050. The smallest absolute Gasteiger partial charge is 0.231 e. The first-order valence-electron chi connectivity index (χ1n) is 10.0. The van der Waals surface area contributed by atoms with Crippen LogP contribution in [-0.4, -0.2) is 48.2 Å². The molecule has 1 spiro atoms. The molecule has 1 aromatic heterocycles. The van der Waals surface area contributed by atoms with Crippen molar-refractivity contribution in [2.45, 2.75) is 18.2 Å². The van der Waals surface area contributed by atoms with E-state index in [0.717, 1.165) is 0 Å². The number of carbonyl (C=O) groups excluding carboxylic acids is 2. The van der Waals surface area contributed by atoms with Gasteiger partial charge in [-0.3, -0.25) is 9.59 Å². The standard InChI is InChI=1S/C22H20N2O6/c25-20(23-13-3-4-15-17(10-13)29-9-8-28-15)18-16-5-6-22(30-16)12-24(21(26)19(18)22)11-14-2-1-7-27-14/h1-7,10,16,18-19H,8-9,11-12H2,(H,23,25)/t16-,18+,19-,22+/m1/s1. The molecular formula is C22H20N2O6. The van der Waals surface area contributed by atoms with E-state index in [2.05, 4.69) is 5.32 Å². The Kier molecular flexibility index (Phi) is 3.73. The van der Waals surface area contributed by atoms with Crippen molar-refractivity contribution in [3.8, 4) is 11.5 Å². The van der Waals surface area contributed by atoms with Gasteiger partial charge in [-0.2, -0.15) is 0 Å². The fourth-order valence-electron chi connectivity index (χ4n) is 4.95. The van der Waals surface area contributed by atoms with E-state index in [0.29, 0.717) is 49.2 Å². The Balaban J connectivity index is 1.23. The van der Waals surface area contributed by atoms with Crippen molar-refractivity contribution < 1.29 is 28.2 Å². The van der Waals surface area contributed by atoms with E-state index < -0.39 is 23.5 Å². The second kappa shape index (κ2) is 6.37. The molecule has 0 saturated carbocycles. The van der Waals surface area contributed by atoms with Crippen molar-refractivity contribution >= 4 is 17.5 Å². The van der Waals surface area contributed by atoms with Crippen molar-refractivity contribution in [1.29, 1.82) is 0 Å². The summed E-state index contributed by atoms with van der Waals surface area (Å²) in [5.41, 5.74) is -0.147. The number of nitrogens with zero attached hydrogens (tertiary/aromatic N) is 1. The number of likely N-dealkylation sites (tertiary alicyclic amines) is 1. The highest BCUT2D eigenvalue weighted by atomic mass is 16.6. The summed E-state index contributed by atoms with van der Waals surface area (Å²) in [6.07, 6.45) is 5.02. The molecule has 2 aromatic rings. The van der Waals surface area contributed by atoms with Crippen molar-refractivity contribution in [2.24, 2.45) is 11.8 Å². The number of furan rings is 1. The lowest BCUT2D eigenvalue weighted by molar-refractivity contribution is -0.136. The number of carbonyl (C=O) groups is 2. The number of hydrogen-bond donors (Lipinski definition) is 1. The highest BCUT2D eigenvalue weighted by Gasteiger charge is 2.66. The van der Waals surface area contributed by atoms with E-state index in [1.165, 1.54) is 0 Å². The Labute approximate surface area is 172 Å². The molecule has 0 radical (unpaired) electrons. The summed E-state index contributed by atoms with van der Waals surface area (Å²) in [7, 11) is 0. The number of amides is 2. The summed E-state index contributed by atoms with van der Waals surface area (Å²) in [4.78, 5) is 28.1. The van der Waals surface area contributed by atoms with Crippen molar-refractivity contribution in [2.75, 3.05) is 25.1 Å². The van der Waals surface area contributed by atoms with E-state index in [1.807, 2.05) is 18.2 Å². The molecule has 2 fully saturated rings. The van der Waals surface area contributed by atoms with Gasteiger partial charge in [0.2, 0.25) is 11.8 Å². The van der Waals surface area contributed by atoms with Crippen LogP contribution in [0.4, 0.5) is 5.69 Å². The fraction of sp³-hybridized carbons (Fsp3) is 0.364. The zero-order valence-electron chi connectivity index (χ0n) is 16.1. The molecule has 154 valence electrons. The van der Waals surface area contributed by atoms with Crippen LogP contribution >= 0.6 is 0 Å². The Hall–Kier alpha value is -3.26. The largest absolute Gasteiger partial charge is 0.486 e. The van der Waals surface area contributed by atoms with Gasteiger partial charge in [-0.25, -0.2) is 0 Å². The van der Waals surface area contributed by atoms with Crippen molar-refractivity contribution in [1.82, 2.24) is 4.90 Å². The van der Waals surface area contributed by atoms with Crippen molar-refractivity contribution in [3.63, 3.8) is 0 Å². The van der Waals surface area contributed by atoms with E-state index in [1.54, 1.807) is 35.4 Å². The van der Waals surface area contributed by atoms with Gasteiger partial charge in [0.1, 0.15) is 24.6 Å². The molecule has 0 aliphatic carbocycles. The first-order chi connectivity index (χ1) is 14.6. The Morgan fingerprint density at radius 1 is 1.20 bits per heavy atom. The molecule has 1 N–H and O–H groups in total. The molecule has 30 heavy (non-hydrogen) atoms. The summed E-state index contributed by atoms with van der Waals surface area (Å²) in [6, 6.07) is 8.91. The normalized spacial score (nSPS) is 30.6. The van der Waals surface area contributed by atoms with Crippen LogP contribution in [0.3, 0.4) is 0 Å². The van der Waals surface area contributed by atoms with Gasteiger partial charge in [0.05, 0.1) is 37.3 Å². The topological polar surface area (TPSA) is 90.2 Å². The Morgan fingerprint density at radius 3 is 2.90 bits per heavy atom. The van der Waals surface area contributed by atoms with Gasteiger partial charge < -0.3 is 28.8 Å². The third-order valence-corrected chi connectivity index (χ3v) is 6.22. The zero-order valence-corrected chi connectivity index (χ0v) is 16.1. The van der Waals surface area contributed by atoms with E-state index >= 15 is 0 Å². The molecule has 8 heteroatoms. The highest BCUT2D eigenvalue weighted by molar-refractivity contribution is 5.99. The van der Waals surface area contributed by atoms with Crippen molar-refractivity contribution in [3.05, 3.63) is 54.5 Å². The first kappa shape index (κ1) is 17.6. The molecule has 5 heterocycles. The lowest BCUT2D eigenvalue weighted by Crippen LogP contribution is -2.41. The third-order valence-electron chi connectivity index (χ3n) is 6.22. The molecular weight excluding hydrogens is 388 g/mol. The summed E-state index contributed by atoms with van der Waals surface area (Å²) < 4.78 is 22.7. The number of anilines is 1. The lowest BCUT2D eigenvalue weighted by atomic mass is 9.77. The molecule has 2 saturated heterocycles. The quantitative estimate of drug-likeness (QED) is 0.778. The number of ether oxygens (including phenoxy) is 3. The minimum Gasteiger partial charge on any atom is -0.486 e. The minimum absolute atomic E-state index is 0.0828. The van der Waals surface area contributed by atoms with E-state index in [9.17, 15) is 9.59 Å². The lowest BCUT2D eigenvalue weighted by Gasteiger charge is -2.24. The minimum atomic E-state index is -0.747. The van der Waals surface area contributed by atoms with E-state index in [-0.39, 0.29) is 11.8 Å². The number of hydrogen-bond acceptors (Lipinski definition) is 6. The molecule has 2 bridgehead atoms. The zero-order chi connectivity index (χ0) is 20.3. The SMILES string of the molecule is O=C(Nc1ccc2c(c1)OCCO2)[C@H]1[C@H]2C=C[C@@]3(CN(Cc4ccco4)C(=O)[C@@H]13)O2. The van der Waals surface area contributed by atoms with Crippen LogP contribution in [-0.2, 0) is 20.9 Å². The maximum atomic E-state index is 13.2. The van der Waals surface area contributed by atoms with Gasteiger partial charge in [-0.1, -0.05) is 12.2 Å². The summed E-state index contributed by atoms with van der Waals surface area (Å²) in [5, 5.41) is 2.93. The van der Waals surface area contributed by atoms with Gasteiger partial charge in [0.15, 0.2) is 11.5 Å². The first-order valence-corrected chi connectivity index (χ1v) is 10.0. The Morgan fingerprint density at radius 2 is 2.07 bits per heavy atom. The molecule has 4 atom stereocenters. The number of rotatable bonds is 4. The maximum Gasteiger partial charge on any atom is 0.231 e. The van der Waals surface area contributed by atoms with Crippen LogP contribution in [0.2, 0.25) is 0 Å². The van der Waals surface area contributed by atoms with E-state index in [4.69, 9.17) is 18.6 Å². The van der Waals surface area contributed by atoms with Crippen LogP contribution in [0.15, 0.2) is 53.2 Å². The van der Waals surface area contributed by atoms with Gasteiger partial charge >= 0.3 is 0 Å². The molecule has 4 aliphatic heterocycles. The summed E-state index contributed by atoms with van der Waals surface area (Å²) in [6.45, 7) is 1.76. The van der Waals surface area contributed by atoms with Gasteiger partial charge in [-0.15, -0.1) is 0 Å². The maximum absolute atomic E-state index is 13.2. The summed E-state index contributed by atoms with van der Waals surface area (Å²) >= 11 is 0. The molecule has 1 aromatic carbocycles.